The van der Waals surface area contributed by atoms with Crippen LogP contribution in [0.2, 0.25) is 0 Å². The number of ether oxygens (including phenoxy) is 1. The van der Waals surface area contributed by atoms with Crippen LogP contribution < -0.4 is 10.3 Å². The Labute approximate surface area is 197 Å². The molecule has 3 heterocycles. The molecule has 0 saturated carbocycles. The molecular formula is C27H28N2O5. The summed E-state index contributed by atoms with van der Waals surface area (Å²) in [5.74, 6) is -0.833. The molecule has 34 heavy (non-hydrogen) atoms. The summed E-state index contributed by atoms with van der Waals surface area (Å²) >= 11 is 0. The van der Waals surface area contributed by atoms with Crippen molar-refractivity contribution in [2.45, 2.75) is 45.8 Å². The van der Waals surface area contributed by atoms with Crippen LogP contribution in [0.25, 0.3) is 11.0 Å². The highest BCUT2D eigenvalue weighted by molar-refractivity contribution is 6.16. The third-order valence-corrected chi connectivity index (χ3v) is 6.96. The van der Waals surface area contributed by atoms with E-state index in [1.54, 1.807) is 19.2 Å². The second kappa shape index (κ2) is 7.81. The summed E-state index contributed by atoms with van der Waals surface area (Å²) in [6, 6.07) is 10.9. The molecule has 1 spiro atoms. The van der Waals surface area contributed by atoms with E-state index in [0.717, 1.165) is 11.1 Å². The van der Waals surface area contributed by atoms with Crippen molar-refractivity contribution in [2.24, 2.45) is 0 Å². The maximum Gasteiger partial charge on any atom is 0.291 e. The summed E-state index contributed by atoms with van der Waals surface area (Å²) in [6.07, 6.45) is 0.575. The zero-order valence-corrected chi connectivity index (χ0v) is 20.1. The highest BCUT2D eigenvalue weighted by Crippen LogP contribution is 2.52. The van der Waals surface area contributed by atoms with Gasteiger partial charge < -0.3 is 19.0 Å². The lowest BCUT2D eigenvalue weighted by Crippen LogP contribution is -2.53. The number of rotatable bonds is 5. The van der Waals surface area contributed by atoms with Gasteiger partial charge in [-0.2, -0.15) is 0 Å². The smallest absolute Gasteiger partial charge is 0.291 e. The molecule has 0 bridgehead atoms. The van der Waals surface area contributed by atoms with Crippen molar-refractivity contribution in [2.75, 3.05) is 25.1 Å². The lowest BCUT2D eigenvalue weighted by molar-refractivity contribution is -0.125. The van der Waals surface area contributed by atoms with Crippen molar-refractivity contribution in [3.63, 3.8) is 0 Å². The normalized spacial score (nSPS) is 19.1. The van der Waals surface area contributed by atoms with Crippen LogP contribution in [0.4, 0.5) is 5.69 Å². The third kappa shape index (κ3) is 2.89. The van der Waals surface area contributed by atoms with E-state index in [1.165, 1.54) is 9.80 Å². The fourth-order valence-corrected chi connectivity index (χ4v) is 5.19. The van der Waals surface area contributed by atoms with E-state index in [1.807, 2.05) is 52.0 Å². The van der Waals surface area contributed by atoms with E-state index in [9.17, 15) is 14.4 Å². The molecule has 176 valence electrons. The Kier molecular flexibility index (Phi) is 5.13. The molecule has 3 aromatic rings. The zero-order valence-electron chi connectivity index (χ0n) is 20.1. The number of carbonyl (C=O) groups excluding carboxylic acids is 2. The van der Waals surface area contributed by atoms with Gasteiger partial charge in [-0.15, -0.1) is 0 Å². The van der Waals surface area contributed by atoms with Gasteiger partial charge in [0, 0.05) is 31.5 Å². The van der Waals surface area contributed by atoms with Crippen molar-refractivity contribution in [3.8, 4) is 0 Å². The molecule has 2 aliphatic heterocycles. The number of para-hydroxylation sites is 1. The molecule has 2 aromatic carbocycles. The van der Waals surface area contributed by atoms with Crippen LogP contribution in [0, 0.1) is 13.8 Å². The Morgan fingerprint density at radius 3 is 2.50 bits per heavy atom. The van der Waals surface area contributed by atoms with Crippen LogP contribution in [-0.4, -0.2) is 43.0 Å². The lowest BCUT2D eigenvalue weighted by Gasteiger charge is -2.34. The minimum atomic E-state index is -1.55. The Bertz CT molecular complexity index is 1410. The quantitative estimate of drug-likeness (QED) is 0.540. The predicted octanol–water partition coefficient (Wildman–Crippen LogP) is 3.90. The lowest BCUT2D eigenvalue weighted by atomic mass is 9.83. The average molecular weight is 461 g/mol. The van der Waals surface area contributed by atoms with Crippen LogP contribution in [0.15, 0.2) is 45.6 Å². The molecule has 0 radical (unpaired) electrons. The molecule has 2 aliphatic rings. The Balaban J connectivity index is 1.78. The summed E-state index contributed by atoms with van der Waals surface area (Å²) in [6.45, 7) is 8.42. The van der Waals surface area contributed by atoms with Gasteiger partial charge in [0.05, 0.1) is 17.1 Å². The standard InChI is InChI=1S/C27H28N2O5/c1-15(2)33-12-8-11-29-25(31)24-22(23(30)18-13-16(3)17(4)14-21(18)34-24)27(29)19-9-6-7-10-20(19)28(5)26(27)32/h6-7,9-10,13-15H,8,11-12H2,1-5H3. The number of hydrogen-bond donors (Lipinski definition) is 0. The van der Waals surface area contributed by atoms with Gasteiger partial charge in [0.1, 0.15) is 5.58 Å². The van der Waals surface area contributed by atoms with E-state index >= 15 is 0 Å². The number of anilines is 1. The van der Waals surface area contributed by atoms with Crippen LogP contribution in [0.3, 0.4) is 0 Å². The van der Waals surface area contributed by atoms with Gasteiger partial charge in [0.2, 0.25) is 5.76 Å². The van der Waals surface area contributed by atoms with Crippen LogP contribution >= 0.6 is 0 Å². The van der Waals surface area contributed by atoms with Gasteiger partial charge in [-0.05, 0) is 63.4 Å². The molecule has 0 saturated heterocycles. The summed E-state index contributed by atoms with van der Waals surface area (Å²) in [5.41, 5.74) is 1.77. The molecular weight excluding hydrogens is 432 g/mol. The molecule has 0 N–H and O–H groups in total. The summed E-state index contributed by atoms with van der Waals surface area (Å²) in [5, 5.41) is 0.374. The first-order valence-electron chi connectivity index (χ1n) is 11.6. The second-order valence-electron chi connectivity index (χ2n) is 9.39. The highest BCUT2D eigenvalue weighted by Gasteiger charge is 2.64. The van der Waals surface area contributed by atoms with Gasteiger partial charge in [-0.3, -0.25) is 14.4 Å². The number of nitrogens with zero attached hydrogens (tertiary/aromatic N) is 2. The number of hydrogen-bond acceptors (Lipinski definition) is 5. The predicted molar refractivity (Wildman–Crippen MR) is 129 cm³/mol. The maximum atomic E-state index is 14.0. The van der Waals surface area contributed by atoms with E-state index in [2.05, 4.69) is 0 Å². The van der Waals surface area contributed by atoms with E-state index in [-0.39, 0.29) is 35.3 Å². The summed E-state index contributed by atoms with van der Waals surface area (Å²) in [7, 11) is 1.68. The first-order valence-corrected chi connectivity index (χ1v) is 11.6. The number of amides is 2. The molecule has 0 fully saturated rings. The number of benzene rings is 2. The van der Waals surface area contributed by atoms with Crippen LogP contribution in [-0.2, 0) is 15.1 Å². The number of aryl methyl sites for hydroxylation is 2. The molecule has 1 aromatic heterocycles. The summed E-state index contributed by atoms with van der Waals surface area (Å²) in [4.78, 5) is 44.8. The number of fused-ring (bicyclic) bond motifs is 5. The summed E-state index contributed by atoms with van der Waals surface area (Å²) < 4.78 is 11.8. The zero-order chi connectivity index (χ0) is 24.4. The van der Waals surface area contributed by atoms with Crippen molar-refractivity contribution in [1.82, 2.24) is 4.90 Å². The van der Waals surface area contributed by atoms with Crippen LogP contribution in [0.1, 0.15) is 53.1 Å². The van der Waals surface area contributed by atoms with Gasteiger partial charge in [-0.1, -0.05) is 18.2 Å². The van der Waals surface area contributed by atoms with E-state index in [0.29, 0.717) is 35.2 Å². The minimum absolute atomic E-state index is 0.0519. The molecule has 0 aliphatic carbocycles. The van der Waals surface area contributed by atoms with Crippen molar-refractivity contribution < 1.29 is 18.7 Å². The van der Waals surface area contributed by atoms with Gasteiger partial charge in [0.15, 0.2) is 11.0 Å². The third-order valence-electron chi connectivity index (χ3n) is 6.96. The molecule has 7 heteroatoms. The maximum absolute atomic E-state index is 14.0. The number of likely N-dealkylation sites (N-methyl/N-ethyl adjacent to an activating group) is 1. The second-order valence-corrected chi connectivity index (χ2v) is 9.39. The number of carbonyl (C=O) groups is 2. The van der Waals surface area contributed by atoms with Crippen LogP contribution in [0.5, 0.6) is 0 Å². The molecule has 2 amide bonds. The monoisotopic (exact) mass is 460 g/mol. The van der Waals surface area contributed by atoms with Gasteiger partial charge in [-0.25, -0.2) is 0 Å². The largest absolute Gasteiger partial charge is 0.450 e. The molecule has 1 unspecified atom stereocenters. The van der Waals surface area contributed by atoms with Gasteiger partial charge >= 0.3 is 0 Å². The van der Waals surface area contributed by atoms with Crippen molar-refractivity contribution >= 4 is 28.5 Å². The molecule has 7 nitrogen and oxygen atoms in total. The SMILES string of the molecule is Cc1cc2oc3c(c(=O)c2cc1C)C1(C(=O)N(C)c2ccccc21)N(CCCOC(C)C)C3=O. The van der Waals surface area contributed by atoms with Gasteiger partial charge in [0.25, 0.3) is 11.8 Å². The minimum Gasteiger partial charge on any atom is -0.450 e. The highest BCUT2D eigenvalue weighted by atomic mass is 16.5. The molecule has 1 atom stereocenters. The fraction of sp³-hybridized carbons (Fsp3) is 0.370. The van der Waals surface area contributed by atoms with E-state index < -0.39 is 11.4 Å². The van der Waals surface area contributed by atoms with Crippen molar-refractivity contribution in [3.05, 3.63) is 74.6 Å². The fourth-order valence-electron chi connectivity index (χ4n) is 5.19. The first kappa shape index (κ1) is 22.3. The Morgan fingerprint density at radius 1 is 1.06 bits per heavy atom. The van der Waals surface area contributed by atoms with Crippen molar-refractivity contribution in [1.29, 1.82) is 0 Å². The Hall–Kier alpha value is -3.45. The average Bonchev–Trinajstić information content (AvgIpc) is 3.18. The Morgan fingerprint density at radius 2 is 1.76 bits per heavy atom. The van der Waals surface area contributed by atoms with E-state index in [4.69, 9.17) is 9.15 Å². The first-order chi connectivity index (χ1) is 16.2. The topological polar surface area (TPSA) is 80.1 Å². The molecule has 5 rings (SSSR count).